The summed E-state index contributed by atoms with van der Waals surface area (Å²) < 4.78 is 0. The van der Waals surface area contributed by atoms with Crippen molar-refractivity contribution in [2.24, 2.45) is 0 Å². The molecule has 2 N–H and O–H groups in total. The second kappa shape index (κ2) is 5.98. The number of hydrogen-bond acceptors (Lipinski definition) is 2. The van der Waals surface area contributed by atoms with Crippen LogP contribution in [0.4, 0.5) is 0 Å². The van der Waals surface area contributed by atoms with Crippen LogP contribution in [0.5, 0.6) is 0 Å². The Morgan fingerprint density at radius 3 is 2.50 bits per heavy atom. The average molecular weight is 249 g/mol. The highest BCUT2D eigenvalue weighted by molar-refractivity contribution is 5.73. The highest BCUT2D eigenvalue weighted by Crippen LogP contribution is 2.09. The molecule has 0 radical (unpaired) electrons. The largest absolute Gasteiger partial charge is 0.382 e. The van der Waals surface area contributed by atoms with Crippen molar-refractivity contribution in [3.05, 3.63) is 35.9 Å². The molecule has 0 bridgehead atoms. The van der Waals surface area contributed by atoms with Crippen LogP contribution in [0.25, 0.3) is 0 Å². The molecular weight excluding hydrogens is 228 g/mol. The van der Waals surface area contributed by atoms with Gasteiger partial charge in [0.25, 0.3) is 0 Å². The van der Waals surface area contributed by atoms with Crippen LogP contribution < -0.4 is 4.90 Å². The third kappa shape index (κ3) is 3.31. The fraction of sp³-hybridized carbons (Fsp3) is 0.500. The number of hydrogen-bond donors (Lipinski definition) is 2. The molecule has 98 valence electrons. The van der Waals surface area contributed by atoms with Gasteiger partial charge in [0.15, 0.2) is 0 Å². The number of aliphatic hydroxyl groups is 1. The predicted molar refractivity (Wildman–Crippen MR) is 69.2 cm³/mol. The van der Waals surface area contributed by atoms with E-state index < -0.39 is 6.10 Å². The second-order valence-electron chi connectivity index (χ2n) is 4.89. The number of quaternary nitrogens is 1. The van der Waals surface area contributed by atoms with E-state index in [2.05, 4.69) is 0 Å². The summed E-state index contributed by atoms with van der Waals surface area (Å²) in [4.78, 5) is 14.5. The predicted octanol–water partition coefficient (Wildman–Crippen LogP) is -0.533. The lowest BCUT2D eigenvalue weighted by Gasteiger charge is -2.32. The SMILES string of the molecule is CC(=O)N1CC[NH+](C[C@@H](O)c2ccccc2)CC1. The number of nitrogens with zero attached hydrogens (tertiary/aromatic N) is 1. The van der Waals surface area contributed by atoms with Crippen molar-refractivity contribution in [3.63, 3.8) is 0 Å². The Balaban J connectivity index is 1.83. The third-order valence-electron chi connectivity index (χ3n) is 3.58. The third-order valence-corrected chi connectivity index (χ3v) is 3.58. The van der Waals surface area contributed by atoms with E-state index in [4.69, 9.17) is 0 Å². The quantitative estimate of drug-likeness (QED) is 0.756. The smallest absolute Gasteiger partial charge is 0.219 e. The zero-order chi connectivity index (χ0) is 13.0. The van der Waals surface area contributed by atoms with Gasteiger partial charge in [0.05, 0.1) is 26.2 Å². The first-order valence-electron chi connectivity index (χ1n) is 6.49. The summed E-state index contributed by atoms with van der Waals surface area (Å²) in [7, 11) is 0. The molecular formula is C14H21N2O2+. The van der Waals surface area contributed by atoms with Gasteiger partial charge < -0.3 is 14.9 Å². The molecule has 1 aliphatic heterocycles. The molecule has 0 aliphatic carbocycles. The van der Waals surface area contributed by atoms with E-state index in [1.54, 1.807) is 6.92 Å². The van der Waals surface area contributed by atoms with Gasteiger partial charge >= 0.3 is 0 Å². The topological polar surface area (TPSA) is 45.0 Å². The van der Waals surface area contributed by atoms with Crippen LogP contribution in [0.2, 0.25) is 0 Å². The van der Waals surface area contributed by atoms with Gasteiger partial charge in [0, 0.05) is 6.92 Å². The van der Waals surface area contributed by atoms with Crippen LogP contribution in [0.1, 0.15) is 18.6 Å². The van der Waals surface area contributed by atoms with E-state index in [1.165, 1.54) is 4.90 Å². The lowest BCUT2D eigenvalue weighted by molar-refractivity contribution is -0.907. The lowest BCUT2D eigenvalue weighted by atomic mass is 10.1. The number of amides is 1. The molecule has 0 aromatic heterocycles. The zero-order valence-electron chi connectivity index (χ0n) is 10.8. The fourth-order valence-corrected chi connectivity index (χ4v) is 2.41. The first-order valence-corrected chi connectivity index (χ1v) is 6.49. The Kier molecular flexibility index (Phi) is 4.33. The monoisotopic (exact) mass is 249 g/mol. The van der Waals surface area contributed by atoms with E-state index in [-0.39, 0.29) is 5.91 Å². The van der Waals surface area contributed by atoms with Crippen molar-refractivity contribution in [2.45, 2.75) is 13.0 Å². The summed E-state index contributed by atoms with van der Waals surface area (Å²) in [6.45, 7) is 5.77. The van der Waals surface area contributed by atoms with Crippen molar-refractivity contribution in [1.82, 2.24) is 4.90 Å². The summed E-state index contributed by atoms with van der Waals surface area (Å²) in [6, 6.07) is 9.75. The van der Waals surface area contributed by atoms with Gasteiger partial charge in [-0.2, -0.15) is 0 Å². The molecule has 1 fully saturated rings. The number of rotatable bonds is 3. The van der Waals surface area contributed by atoms with Crippen molar-refractivity contribution >= 4 is 5.91 Å². The lowest BCUT2D eigenvalue weighted by Crippen LogP contribution is -3.15. The van der Waals surface area contributed by atoms with Crippen LogP contribution in [0, 0.1) is 0 Å². The van der Waals surface area contributed by atoms with E-state index in [1.807, 2.05) is 35.2 Å². The first-order chi connectivity index (χ1) is 8.66. The van der Waals surface area contributed by atoms with Crippen molar-refractivity contribution in [2.75, 3.05) is 32.7 Å². The van der Waals surface area contributed by atoms with E-state index in [9.17, 15) is 9.90 Å². The first kappa shape index (κ1) is 13.1. The second-order valence-corrected chi connectivity index (χ2v) is 4.89. The van der Waals surface area contributed by atoms with E-state index in [0.29, 0.717) is 0 Å². The summed E-state index contributed by atoms with van der Waals surface area (Å²) in [5.74, 6) is 0.151. The van der Waals surface area contributed by atoms with Gasteiger partial charge in [-0.3, -0.25) is 4.79 Å². The van der Waals surface area contributed by atoms with Gasteiger partial charge in [-0.25, -0.2) is 0 Å². The summed E-state index contributed by atoms with van der Waals surface area (Å²) in [5.41, 5.74) is 0.971. The normalized spacial score (nSPS) is 18.7. The molecule has 1 aromatic carbocycles. The molecule has 0 saturated carbocycles. The number of nitrogens with one attached hydrogen (secondary N) is 1. The molecule has 2 rings (SSSR count). The standard InChI is InChI=1S/C14H20N2O2/c1-12(17)16-9-7-15(8-10-16)11-14(18)13-5-3-2-4-6-13/h2-6,14,18H,7-11H2,1H3/p+1/t14-/m1/s1. The van der Waals surface area contributed by atoms with Gasteiger partial charge in [-0.05, 0) is 5.56 Å². The fourth-order valence-electron chi connectivity index (χ4n) is 2.41. The molecule has 0 unspecified atom stereocenters. The highest BCUT2D eigenvalue weighted by atomic mass is 16.3. The molecule has 18 heavy (non-hydrogen) atoms. The average Bonchev–Trinajstić information content (AvgIpc) is 2.40. The minimum atomic E-state index is -0.412. The number of carbonyl (C=O) groups excluding carboxylic acids is 1. The Bertz CT molecular complexity index is 386. The Labute approximate surface area is 108 Å². The maximum Gasteiger partial charge on any atom is 0.219 e. The van der Waals surface area contributed by atoms with Gasteiger partial charge in [0.1, 0.15) is 12.6 Å². The van der Waals surface area contributed by atoms with Gasteiger partial charge in [-0.1, -0.05) is 30.3 Å². The zero-order valence-corrected chi connectivity index (χ0v) is 10.8. The summed E-state index contributed by atoms with van der Waals surface area (Å²) in [5, 5.41) is 10.1. The van der Waals surface area contributed by atoms with Gasteiger partial charge in [0.2, 0.25) is 5.91 Å². The van der Waals surface area contributed by atoms with Crippen LogP contribution in [0.3, 0.4) is 0 Å². The maximum absolute atomic E-state index is 11.2. The number of carbonyl (C=O) groups is 1. The van der Waals surface area contributed by atoms with Crippen LogP contribution in [-0.2, 0) is 4.79 Å². The van der Waals surface area contributed by atoms with Gasteiger partial charge in [-0.15, -0.1) is 0 Å². The molecule has 4 nitrogen and oxygen atoms in total. The summed E-state index contributed by atoms with van der Waals surface area (Å²) in [6.07, 6.45) is -0.412. The summed E-state index contributed by atoms with van der Waals surface area (Å²) >= 11 is 0. The van der Waals surface area contributed by atoms with E-state index in [0.717, 1.165) is 38.3 Å². The van der Waals surface area contributed by atoms with Crippen LogP contribution >= 0.6 is 0 Å². The Morgan fingerprint density at radius 2 is 1.94 bits per heavy atom. The van der Waals surface area contributed by atoms with Crippen molar-refractivity contribution < 1.29 is 14.8 Å². The minimum Gasteiger partial charge on any atom is -0.382 e. The molecule has 1 aromatic rings. The highest BCUT2D eigenvalue weighted by Gasteiger charge is 2.23. The molecule has 4 heteroatoms. The number of piperazine rings is 1. The minimum absolute atomic E-state index is 0.151. The Morgan fingerprint density at radius 1 is 1.33 bits per heavy atom. The number of aliphatic hydroxyl groups excluding tert-OH is 1. The van der Waals surface area contributed by atoms with E-state index >= 15 is 0 Å². The molecule has 1 atom stereocenters. The van der Waals surface area contributed by atoms with Crippen molar-refractivity contribution in [3.8, 4) is 0 Å². The maximum atomic E-state index is 11.2. The van der Waals surface area contributed by atoms with Crippen LogP contribution in [-0.4, -0.2) is 48.6 Å². The molecule has 1 aliphatic rings. The van der Waals surface area contributed by atoms with Crippen molar-refractivity contribution in [1.29, 1.82) is 0 Å². The molecule has 1 heterocycles. The molecule has 1 saturated heterocycles. The van der Waals surface area contributed by atoms with Crippen LogP contribution in [0.15, 0.2) is 30.3 Å². The Hall–Kier alpha value is -1.39. The molecule has 1 amide bonds. The molecule has 0 spiro atoms. The number of benzene rings is 1.